The monoisotopic (exact) mass is 506 g/mol. The van der Waals surface area contributed by atoms with Gasteiger partial charge >= 0.3 is 0 Å². The molecule has 2 aromatic rings. The lowest BCUT2D eigenvalue weighted by molar-refractivity contribution is 0.0211. The summed E-state index contributed by atoms with van der Waals surface area (Å²) >= 11 is 5.31. The third-order valence-electron chi connectivity index (χ3n) is 4.25. The maximum absolute atomic E-state index is 14.3. The zero-order valence-corrected chi connectivity index (χ0v) is 18.7. The maximum atomic E-state index is 14.3. The van der Waals surface area contributed by atoms with E-state index in [2.05, 4.69) is 5.92 Å². The number of benzene rings is 2. The van der Waals surface area contributed by atoms with Gasteiger partial charge in [0.15, 0.2) is 34.8 Å². The molecule has 2 rings (SSSR count). The van der Waals surface area contributed by atoms with Gasteiger partial charge < -0.3 is 29.2 Å². The Morgan fingerprint density at radius 2 is 1.18 bits per heavy atom. The van der Waals surface area contributed by atoms with Gasteiger partial charge in [-0.25, -0.2) is 17.6 Å². The summed E-state index contributed by atoms with van der Waals surface area (Å²) in [5.74, 6) is -3.43. The van der Waals surface area contributed by atoms with Gasteiger partial charge in [0.1, 0.15) is 38.1 Å². The molecular weight excluding hydrogens is 484 g/mol. The summed E-state index contributed by atoms with van der Waals surface area (Å²) < 4.78 is 76.9. The van der Waals surface area contributed by atoms with Crippen LogP contribution in [0, 0.1) is 35.6 Å². The van der Waals surface area contributed by atoms with E-state index in [-0.39, 0.29) is 43.4 Å². The summed E-state index contributed by atoms with van der Waals surface area (Å²) in [5.41, 5.74) is 0.170. The maximum Gasteiger partial charge on any atom is 0.190 e. The van der Waals surface area contributed by atoms with E-state index in [4.69, 9.17) is 37.0 Å². The smallest absolute Gasteiger partial charge is 0.190 e. The second kappa shape index (κ2) is 14.0. The van der Waals surface area contributed by atoms with Crippen LogP contribution in [0.4, 0.5) is 17.6 Å². The van der Waals surface area contributed by atoms with Crippen LogP contribution in [0.5, 0.6) is 11.5 Å². The van der Waals surface area contributed by atoms with Crippen LogP contribution in [-0.2, 0) is 15.9 Å². The molecule has 0 fully saturated rings. The summed E-state index contributed by atoms with van der Waals surface area (Å²) in [5, 5.41) is 19.3. The van der Waals surface area contributed by atoms with Crippen LogP contribution in [0.1, 0.15) is 11.1 Å². The largest absolute Gasteiger partial charge is 0.485 e. The van der Waals surface area contributed by atoms with E-state index in [1.165, 1.54) is 0 Å². The van der Waals surface area contributed by atoms with Gasteiger partial charge in [0.2, 0.25) is 0 Å². The SMILES string of the molecule is C#CCOC[C@@H](O)COc1c(F)cc(Cc2cc(F)c(OC[C@H](O)COCCl)c(F)c2)cc1F. The molecule has 2 N–H and O–H groups in total. The number of halogens is 5. The minimum Gasteiger partial charge on any atom is -0.485 e. The quantitative estimate of drug-likeness (QED) is 0.177. The lowest BCUT2D eigenvalue weighted by atomic mass is 10.0. The van der Waals surface area contributed by atoms with Crippen LogP contribution in [0.2, 0.25) is 0 Å². The Kier molecular flexibility index (Phi) is 11.4. The molecule has 2 atom stereocenters. The van der Waals surface area contributed by atoms with E-state index >= 15 is 0 Å². The van der Waals surface area contributed by atoms with Crippen LogP contribution in [-0.4, -0.2) is 61.5 Å². The first-order valence-electron chi connectivity index (χ1n) is 9.97. The zero-order chi connectivity index (χ0) is 25.1. The summed E-state index contributed by atoms with van der Waals surface area (Å²) in [4.78, 5) is 0. The summed E-state index contributed by atoms with van der Waals surface area (Å²) in [6.07, 6.45) is 2.49. The van der Waals surface area contributed by atoms with Gasteiger partial charge in [0, 0.05) is 0 Å². The predicted octanol–water partition coefficient (Wildman–Crippen LogP) is 3.18. The molecule has 34 heavy (non-hydrogen) atoms. The average Bonchev–Trinajstić information content (AvgIpc) is 2.76. The first-order chi connectivity index (χ1) is 16.2. The molecule has 0 aliphatic heterocycles. The molecule has 0 amide bonds. The summed E-state index contributed by atoms with van der Waals surface area (Å²) in [6.45, 7) is -1.27. The van der Waals surface area contributed by atoms with E-state index < -0.39 is 60.2 Å². The number of aliphatic hydroxyl groups excluding tert-OH is 2. The van der Waals surface area contributed by atoms with Crippen molar-refractivity contribution >= 4 is 11.6 Å². The number of ether oxygens (including phenoxy) is 4. The van der Waals surface area contributed by atoms with Crippen molar-refractivity contribution in [1.29, 1.82) is 0 Å². The lowest BCUT2D eigenvalue weighted by Crippen LogP contribution is -2.24. The minimum absolute atomic E-state index is 0.0335. The topological polar surface area (TPSA) is 77.4 Å². The van der Waals surface area contributed by atoms with Gasteiger partial charge in [0.05, 0.1) is 13.2 Å². The molecule has 0 aliphatic carbocycles. The second-order valence-electron chi connectivity index (χ2n) is 7.08. The predicted molar refractivity (Wildman–Crippen MR) is 115 cm³/mol. The molecule has 0 spiro atoms. The summed E-state index contributed by atoms with van der Waals surface area (Å²) in [7, 11) is 0. The molecule has 186 valence electrons. The number of terminal acetylenes is 1. The number of hydrogen-bond acceptors (Lipinski definition) is 6. The molecule has 0 aliphatic rings. The van der Waals surface area contributed by atoms with E-state index in [1.54, 1.807) is 0 Å². The molecule has 11 heteroatoms. The Bertz CT molecular complexity index is 938. The molecule has 6 nitrogen and oxygen atoms in total. The van der Waals surface area contributed by atoms with Crippen molar-refractivity contribution in [3.63, 3.8) is 0 Å². The first kappa shape index (κ1) is 27.7. The van der Waals surface area contributed by atoms with Gasteiger partial charge in [-0.2, -0.15) is 0 Å². The van der Waals surface area contributed by atoms with E-state index in [1.807, 2.05) is 0 Å². The Balaban J connectivity index is 2.03. The van der Waals surface area contributed by atoms with Crippen molar-refractivity contribution in [3.05, 3.63) is 58.7 Å². The van der Waals surface area contributed by atoms with Gasteiger partial charge in [-0.1, -0.05) is 17.5 Å². The van der Waals surface area contributed by atoms with Crippen LogP contribution in [0.25, 0.3) is 0 Å². The Morgan fingerprint density at radius 3 is 1.56 bits per heavy atom. The molecular formula is C23H23ClF4O6. The Hall–Kier alpha value is -2.55. The van der Waals surface area contributed by atoms with Crippen molar-refractivity contribution in [2.24, 2.45) is 0 Å². The highest BCUT2D eigenvalue weighted by atomic mass is 35.5. The van der Waals surface area contributed by atoms with Gasteiger partial charge in [0.25, 0.3) is 0 Å². The fourth-order valence-electron chi connectivity index (χ4n) is 2.83. The molecule has 0 heterocycles. The number of aliphatic hydroxyl groups is 2. The fourth-order valence-corrected chi connectivity index (χ4v) is 2.92. The number of hydrogen-bond donors (Lipinski definition) is 2. The molecule has 2 aromatic carbocycles. The molecule has 0 radical (unpaired) electrons. The van der Waals surface area contributed by atoms with E-state index in [0.717, 1.165) is 24.3 Å². The molecule has 0 saturated carbocycles. The highest BCUT2D eigenvalue weighted by Gasteiger charge is 2.18. The van der Waals surface area contributed by atoms with Gasteiger partial charge in [-0.3, -0.25) is 0 Å². The van der Waals surface area contributed by atoms with Crippen molar-refractivity contribution < 1.29 is 46.7 Å². The molecule has 0 bridgehead atoms. The van der Waals surface area contributed by atoms with Gasteiger partial charge in [-0.05, 0) is 41.8 Å². The number of rotatable bonds is 14. The van der Waals surface area contributed by atoms with E-state index in [0.29, 0.717) is 0 Å². The summed E-state index contributed by atoms with van der Waals surface area (Å²) in [6, 6.07) is 3.65. The average molecular weight is 507 g/mol. The Morgan fingerprint density at radius 1 is 0.765 bits per heavy atom. The molecule has 0 aromatic heterocycles. The molecule has 0 unspecified atom stereocenters. The highest BCUT2D eigenvalue weighted by Crippen LogP contribution is 2.28. The highest BCUT2D eigenvalue weighted by molar-refractivity contribution is 6.17. The first-order valence-corrected chi connectivity index (χ1v) is 10.5. The van der Waals surface area contributed by atoms with Crippen LogP contribution >= 0.6 is 11.6 Å². The number of alkyl halides is 1. The third-order valence-corrected chi connectivity index (χ3v) is 4.40. The zero-order valence-electron chi connectivity index (χ0n) is 17.9. The van der Waals surface area contributed by atoms with Gasteiger partial charge in [-0.15, -0.1) is 6.42 Å². The molecule has 0 saturated heterocycles. The van der Waals surface area contributed by atoms with Crippen molar-refractivity contribution in [3.8, 4) is 23.8 Å². The van der Waals surface area contributed by atoms with E-state index in [9.17, 15) is 27.8 Å². The fraction of sp³-hybridized carbons (Fsp3) is 0.391. The Labute approximate surface area is 199 Å². The van der Waals surface area contributed by atoms with Crippen LogP contribution in [0.15, 0.2) is 24.3 Å². The minimum atomic E-state index is -1.16. The van der Waals surface area contributed by atoms with Crippen LogP contribution in [0.3, 0.4) is 0 Å². The standard InChI is InChI=1S/C23H23ClF4O6/c1-2-3-31-9-16(29)11-33-22-18(25)5-14(6-19(22)26)4-15-7-20(27)23(21(28)8-15)34-12-17(30)10-32-13-24/h1,5-8,16-17,29-30H,3-4,9-13H2/t16-,17-/m1/s1. The van der Waals surface area contributed by atoms with Crippen molar-refractivity contribution in [2.45, 2.75) is 18.6 Å². The van der Waals surface area contributed by atoms with Crippen molar-refractivity contribution in [2.75, 3.05) is 39.1 Å². The third kappa shape index (κ3) is 8.66. The second-order valence-corrected chi connectivity index (χ2v) is 7.30. The lowest BCUT2D eigenvalue weighted by Gasteiger charge is -2.15. The van der Waals surface area contributed by atoms with Crippen molar-refractivity contribution in [1.82, 2.24) is 0 Å². The van der Waals surface area contributed by atoms with Crippen LogP contribution < -0.4 is 9.47 Å². The normalized spacial score (nSPS) is 12.8.